The van der Waals surface area contributed by atoms with Gasteiger partial charge in [0.15, 0.2) is 0 Å². The van der Waals surface area contributed by atoms with Crippen molar-refractivity contribution in [1.82, 2.24) is 9.88 Å². The van der Waals surface area contributed by atoms with Gasteiger partial charge >= 0.3 is 0 Å². The summed E-state index contributed by atoms with van der Waals surface area (Å²) in [6, 6.07) is 2.56. The van der Waals surface area contributed by atoms with E-state index in [4.69, 9.17) is 0 Å². The molecule has 0 radical (unpaired) electrons. The maximum Gasteiger partial charge on any atom is 0.0529 e. The summed E-state index contributed by atoms with van der Waals surface area (Å²) in [5.74, 6) is 0. The molecule has 1 aromatic rings. The van der Waals surface area contributed by atoms with Crippen LogP contribution in [0.3, 0.4) is 0 Å². The fourth-order valence-electron chi connectivity index (χ4n) is 1.67. The van der Waals surface area contributed by atoms with Crippen molar-refractivity contribution < 1.29 is 5.11 Å². The van der Waals surface area contributed by atoms with Gasteiger partial charge in [0.2, 0.25) is 0 Å². The molecule has 2 atom stereocenters. The van der Waals surface area contributed by atoms with Crippen LogP contribution < -0.4 is 5.32 Å². The second kappa shape index (κ2) is 6.71. The smallest absolute Gasteiger partial charge is 0.0529 e. The molecule has 0 spiro atoms. The molecule has 2 unspecified atom stereocenters. The van der Waals surface area contributed by atoms with E-state index in [0.717, 1.165) is 25.9 Å². The van der Waals surface area contributed by atoms with Gasteiger partial charge in [-0.05, 0) is 44.9 Å². The molecule has 0 fully saturated rings. The van der Waals surface area contributed by atoms with Gasteiger partial charge in [-0.25, -0.2) is 0 Å². The van der Waals surface area contributed by atoms with Gasteiger partial charge in [0.25, 0.3) is 0 Å². The first kappa shape index (κ1) is 13.3. The number of hydrogen-bond donors (Lipinski definition) is 2. The molecule has 0 saturated carbocycles. The summed E-state index contributed by atoms with van der Waals surface area (Å²) in [4.78, 5) is 0. The van der Waals surface area contributed by atoms with Gasteiger partial charge in [-0.3, -0.25) is 0 Å². The molecule has 0 aliphatic carbocycles. The highest BCUT2D eigenvalue weighted by atomic mass is 16.3. The third-order valence-corrected chi connectivity index (χ3v) is 2.78. The molecule has 0 bridgehead atoms. The normalized spacial score (nSPS) is 15.0. The van der Waals surface area contributed by atoms with Gasteiger partial charge in [0.05, 0.1) is 6.10 Å². The second-order valence-corrected chi connectivity index (χ2v) is 4.50. The molecule has 0 saturated heterocycles. The lowest BCUT2D eigenvalue weighted by Crippen LogP contribution is -2.18. The molecule has 1 heterocycles. The van der Waals surface area contributed by atoms with Crippen LogP contribution in [0.25, 0.3) is 0 Å². The van der Waals surface area contributed by atoms with E-state index in [2.05, 4.69) is 42.2 Å². The molecule has 16 heavy (non-hydrogen) atoms. The molecule has 0 aliphatic heterocycles. The highest BCUT2D eigenvalue weighted by molar-refractivity contribution is 5.14. The lowest BCUT2D eigenvalue weighted by Gasteiger charge is -2.11. The minimum absolute atomic E-state index is 0.221. The number of aliphatic hydroxyl groups is 1. The van der Waals surface area contributed by atoms with Crippen LogP contribution in [0, 0.1) is 0 Å². The number of aliphatic hydroxyl groups excluding tert-OH is 1. The SMILES string of the molecule is CCCNC(C)c1ccn(CCC(C)O)c1. The summed E-state index contributed by atoms with van der Waals surface area (Å²) in [6.07, 6.45) is 6.00. The summed E-state index contributed by atoms with van der Waals surface area (Å²) in [5, 5.41) is 12.7. The van der Waals surface area contributed by atoms with Gasteiger partial charge in [-0.2, -0.15) is 0 Å². The molecule has 0 aromatic carbocycles. The minimum Gasteiger partial charge on any atom is -0.393 e. The van der Waals surface area contributed by atoms with E-state index in [-0.39, 0.29) is 6.10 Å². The fourth-order valence-corrected chi connectivity index (χ4v) is 1.67. The largest absolute Gasteiger partial charge is 0.393 e. The van der Waals surface area contributed by atoms with Crippen LogP contribution in [0.4, 0.5) is 0 Å². The van der Waals surface area contributed by atoms with Crippen LogP contribution in [-0.4, -0.2) is 22.3 Å². The van der Waals surface area contributed by atoms with Crippen molar-refractivity contribution in [1.29, 1.82) is 0 Å². The zero-order valence-corrected chi connectivity index (χ0v) is 10.6. The number of nitrogens with one attached hydrogen (secondary N) is 1. The van der Waals surface area contributed by atoms with Crippen molar-refractivity contribution >= 4 is 0 Å². The van der Waals surface area contributed by atoms with Gasteiger partial charge in [-0.15, -0.1) is 0 Å². The van der Waals surface area contributed by atoms with Gasteiger partial charge in [-0.1, -0.05) is 6.92 Å². The van der Waals surface area contributed by atoms with Gasteiger partial charge < -0.3 is 15.0 Å². The van der Waals surface area contributed by atoms with Crippen LogP contribution in [0.2, 0.25) is 0 Å². The molecule has 3 heteroatoms. The average Bonchev–Trinajstić information content (AvgIpc) is 2.71. The third-order valence-electron chi connectivity index (χ3n) is 2.78. The Bertz CT molecular complexity index is 294. The first-order valence-corrected chi connectivity index (χ1v) is 6.20. The van der Waals surface area contributed by atoms with Crippen LogP contribution in [0.1, 0.15) is 45.2 Å². The molecular weight excluding hydrogens is 200 g/mol. The highest BCUT2D eigenvalue weighted by Crippen LogP contribution is 2.13. The predicted molar refractivity (Wildman–Crippen MR) is 67.4 cm³/mol. The third kappa shape index (κ3) is 4.37. The molecule has 2 N–H and O–H groups in total. The molecule has 1 aromatic heterocycles. The molecular formula is C13H24N2O. The zero-order valence-electron chi connectivity index (χ0n) is 10.6. The summed E-state index contributed by atoms with van der Waals surface area (Å²) in [7, 11) is 0. The monoisotopic (exact) mass is 224 g/mol. The Morgan fingerprint density at radius 1 is 1.44 bits per heavy atom. The Kier molecular flexibility index (Phi) is 5.56. The van der Waals surface area contributed by atoms with Crippen LogP contribution in [0.15, 0.2) is 18.5 Å². The average molecular weight is 224 g/mol. The lowest BCUT2D eigenvalue weighted by atomic mass is 10.2. The van der Waals surface area contributed by atoms with Crippen LogP contribution in [0.5, 0.6) is 0 Å². The van der Waals surface area contributed by atoms with E-state index >= 15 is 0 Å². The van der Waals surface area contributed by atoms with Gasteiger partial charge in [0, 0.05) is 25.0 Å². The number of nitrogens with zero attached hydrogens (tertiary/aromatic N) is 1. The van der Waals surface area contributed by atoms with Crippen molar-refractivity contribution in [3.8, 4) is 0 Å². The Morgan fingerprint density at radius 2 is 2.19 bits per heavy atom. The van der Waals surface area contributed by atoms with Crippen molar-refractivity contribution in [2.24, 2.45) is 0 Å². The molecule has 0 aliphatic rings. The maximum atomic E-state index is 9.22. The summed E-state index contributed by atoms with van der Waals surface area (Å²) in [5.41, 5.74) is 1.32. The summed E-state index contributed by atoms with van der Waals surface area (Å²) < 4.78 is 2.15. The van der Waals surface area contributed by atoms with E-state index in [1.807, 2.05) is 6.92 Å². The first-order chi connectivity index (χ1) is 7.63. The summed E-state index contributed by atoms with van der Waals surface area (Å²) in [6.45, 7) is 8.13. The molecule has 1 rings (SSSR count). The zero-order chi connectivity index (χ0) is 12.0. The quantitative estimate of drug-likeness (QED) is 0.746. The van der Waals surface area contributed by atoms with E-state index in [1.54, 1.807) is 0 Å². The van der Waals surface area contributed by atoms with Gasteiger partial charge in [0.1, 0.15) is 0 Å². The number of rotatable bonds is 7. The minimum atomic E-state index is -0.221. The van der Waals surface area contributed by atoms with Crippen molar-refractivity contribution in [2.45, 2.75) is 52.3 Å². The Morgan fingerprint density at radius 3 is 2.81 bits per heavy atom. The highest BCUT2D eigenvalue weighted by Gasteiger charge is 2.06. The molecule has 0 amide bonds. The molecule has 3 nitrogen and oxygen atoms in total. The number of hydrogen-bond acceptors (Lipinski definition) is 2. The fraction of sp³-hybridized carbons (Fsp3) is 0.692. The Hall–Kier alpha value is -0.800. The molecule has 92 valence electrons. The van der Waals surface area contributed by atoms with Crippen molar-refractivity contribution in [2.75, 3.05) is 6.54 Å². The second-order valence-electron chi connectivity index (χ2n) is 4.50. The van der Waals surface area contributed by atoms with Crippen LogP contribution >= 0.6 is 0 Å². The summed E-state index contributed by atoms with van der Waals surface area (Å²) >= 11 is 0. The van der Waals surface area contributed by atoms with E-state index in [1.165, 1.54) is 5.56 Å². The van der Waals surface area contributed by atoms with Crippen molar-refractivity contribution in [3.63, 3.8) is 0 Å². The predicted octanol–water partition coefficient (Wildman–Crippen LogP) is 2.32. The lowest BCUT2D eigenvalue weighted by molar-refractivity contribution is 0.178. The standard InChI is InChI=1S/C13H24N2O/c1-4-7-14-12(3)13-6-9-15(10-13)8-5-11(2)16/h6,9-12,14,16H,4-5,7-8H2,1-3H3. The van der Waals surface area contributed by atoms with Crippen molar-refractivity contribution in [3.05, 3.63) is 24.0 Å². The topological polar surface area (TPSA) is 37.2 Å². The Balaban J connectivity index is 2.43. The number of aromatic nitrogens is 1. The van der Waals surface area contributed by atoms with E-state index in [0.29, 0.717) is 6.04 Å². The number of aryl methyl sites for hydroxylation is 1. The van der Waals surface area contributed by atoms with E-state index < -0.39 is 0 Å². The van der Waals surface area contributed by atoms with Crippen LogP contribution in [-0.2, 0) is 6.54 Å². The first-order valence-electron chi connectivity index (χ1n) is 6.20. The van der Waals surface area contributed by atoms with E-state index in [9.17, 15) is 5.11 Å². The maximum absolute atomic E-state index is 9.22. The Labute approximate surface area is 98.5 Å².